The van der Waals surface area contributed by atoms with Gasteiger partial charge in [0.2, 0.25) is 0 Å². The van der Waals surface area contributed by atoms with Crippen LogP contribution in [-0.4, -0.2) is 9.38 Å². The van der Waals surface area contributed by atoms with E-state index in [0.717, 1.165) is 22.2 Å². The van der Waals surface area contributed by atoms with Crippen LogP contribution >= 0.6 is 11.3 Å². The summed E-state index contributed by atoms with van der Waals surface area (Å²) in [7, 11) is 0. The first-order valence-electron chi connectivity index (χ1n) is 6.81. The van der Waals surface area contributed by atoms with Crippen molar-refractivity contribution in [1.82, 2.24) is 9.38 Å². The molecule has 0 amide bonds. The molecule has 0 aliphatic rings. The van der Waals surface area contributed by atoms with Gasteiger partial charge in [-0.15, -0.1) is 0 Å². The lowest BCUT2D eigenvalue weighted by atomic mass is 10.2. The number of rotatable bonds is 1. The van der Waals surface area contributed by atoms with E-state index in [-0.39, 0.29) is 11.4 Å². The van der Waals surface area contributed by atoms with Crippen molar-refractivity contribution >= 4 is 33.4 Å². The molecule has 0 N–H and O–H groups in total. The van der Waals surface area contributed by atoms with E-state index in [4.69, 9.17) is 0 Å². The third kappa shape index (κ3) is 1.94. The van der Waals surface area contributed by atoms with Crippen molar-refractivity contribution in [2.75, 3.05) is 0 Å². The molecular formula is C17H11FN2OS. The van der Waals surface area contributed by atoms with E-state index in [1.54, 1.807) is 22.6 Å². The third-order valence-corrected chi connectivity index (χ3v) is 4.61. The number of hydrogen-bond donors (Lipinski definition) is 0. The van der Waals surface area contributed by atoms with Crippen molar-refractivity contribution < 1.29 is 4.39 Å². The zero-order chi connectivity index (χ0) is 15.3. The van der Waals surface area contributed by atoms with Crippen LogP contribution in [-0.2, 0) is 0 Å². The van der Waals surface area contributed by atoms with Crippen LogP contribution in [0.4, 0.5) is 4.39 Å². The number of aromatic nitrogens is 2. The van der Waals surface area contributed by atoms with Gasteiger partial charge in [-0.2, -0.15) is 0 Å². The topological polar surface area (TPSA) is 34.4 Å². The van der Waals surface area contributed by atoms with Gasteiger partial charge in [0.1, 0.15) is 5.82 Å². The molecule has 0 aliphatic heterocycles. The van der Waals surface area contributed by atoms with Crippen molar-refractivity contribution in [3.05, 3.63) is 74.3 Å². The van der Waals surface area contributed by atoms with E-state index < -0.39 is 0 Å². The lowest BCUT2D eigenvalue weighted by Crippen LogP contribution is -2.22. The monoisotopic (exact) mass is 310 g/mol. The van der Waals surface area contributed by atoms with Gasteiger partial charge in [0, 0.05) is 0 Å². The summed E-state index contributed by atoms with van der Waals surface area (Å²) >= 11 is 1.35. The van der Waals surface area contributed by atoms with Gasteiger partial charge in [-0.25, -0.2) is 13.8 Å². The Hall–Kier alpha value is -2.53. The Kier molecular flexibility index (Phi) is 2.84. The van der Waals surface area contributed by atoms with Crippen LogP contribution in [0, 0.1) is 12.7 Å². The number of aryl methyl sites for hydroxylation is 1. The predicted octanol–water partition coefficient (Wildman–Crippen LogP) is 2.90. The minimum Gasteiger partial charge on any atom is -0.267 e. The van der Waals surface area contributed by atoms with Gasteiger partial charge < -0.3 is 0 Å². The fourth-order valence-electron chi connectivity index (χ4n) is 2.54. The summed E-state index contributed by atoms with van der Waals surface area (Å²) in [5.41, 5.74) is 3.45. The highest BCUT2D eigenvalue weighted by Gasteiger charge is 2.12. The Labute approximate surface area is 129 Å². The van der Waals surface area contributed by atoms with E-state index in [1.807, 2.05) is 25.1 Å². The number of nitrogens with zero attached hydrogens (tertiary/aromatic N) is 2. The van der Waals surface area contributed by atoms with Gasteiger partial charge in [0.05, 0.1) is 15.6 Å². The first-order valence-corrected chi connectivity index (χ1v) is 7.63. The van der Waals surface area contributed by atoms with Crippen molar-refractivity contribution in [3.8, 4) is 0 Å². The van der Waals surface area contributed by atoms with E-state index >= 15 is 0 Å². The van der Waals surface area contributed by atoms with Crippen molar-refractivity contribution in [2.24, 2.45) is 0 Å². The third-order valence-electron chi connectivity index (χ3n) is 3.64. The molecule has 3 nitrogen and oxygen atoms in total. The van der Waals surface area contributed by atoms with Crippen LogP contribution in [0.3, 0.4) is 0 Å². The molecular weight excluding hydrogens is 299 g/mol. The molecule has 5 heteroatoms. The molecule has 0 radical (unpaired) electrons. The van der Waals surface area contributed by atoms with Crippen LogP contribution in [0.25, 0.3) is 22.1 Å². The number of halogens is 1. The minimum absolute atomic E-state index is 0.0857. The van der Waals surface area contributed by atoms with E-state index in [1.165, 1.54) is 23.5 Å². The molecule has 0 spiro atoms. The van der Waals surface area contributed by atoms with Crippen LogP contribution in [0.5, 0.6) is 0 Å². The van der Waals surface area contributed by atoms with Gasteiger partial charge in [-0.05, 0) is 42.3 Å². The highest BCUT2D eigenvalue weighted by Crippen LogP contribution is 2.19. The average Bonchev–Trinajstić information content (AvgIpc) is 3.01. The van der Waals surface area contributed by atoms with E-state index in [0.29, 0.717) is 9.49 Å². The van der Waals surface area contributed by atoms with Crippen molar-refractivity contribution in [2.45, 2.75) is 6.92 Å². The number of thiazole rings is 1. The number of para-hydroxylation sites is 1. The SMILES string of the molecule is Cc1cccc2c1nc1sc(=Cc3ccc(F)cc3)c(=O)n12. The average molecular weight is 310 g/mol. The molecule has 22 heavy (non-hydrogen) atoms. The number of benzene rings is 2. The van der Waals surface area contributed by atoms with Gasteiger partial charge in [0.25, 0.3) is 5.56 Å². The first kappa shape index (κ1) is 13.2. The molecule has 2 heterocycles. The summed E-state index contributed by atoms with van der Waals surface area (Å²) in [5.74, 6) is -0.290. The minimum atomic E-state index is -0.290. The van der Waals surface area contributed by atoms with Gasteiger partial charge in [0.15, 0.2) is 4.96 Å². The molecule has 0 atom stereocenters. The molecule has 4 aromatic rings. The Bertz CT molecular complexity index is 1110. The quantitative estimate of drug-likeness (QED) is 0.542. The maximum Gasteiger partial charge on any atom is 0.274 e. The number of imidazole rings is 1. The molecule has 4 rings (SSSR count). The van der Waals surface area contributed by atoms with Crippen molar-refractivity contribution in [1.29, 1.82) is 0 Å². The summed E-state index contributed by atoms with van der Waals surface area (Å²) in [6.45, 7) is 1.98. The molecule has 2 aromatic carbocycles. The summed E-state index contributed by atoms with van der Waals surface area (Å²) in [5, 5.41) is 0. The highest BCUT2D eigenvalue weighted by molar-refractivity contribution is 7.15. The Balaban J connectivity index is 2.01. The second kappa shape index (κ2) is 4.74. The Morgan fingerprint density at radius 2 is 1.95 bits per heavy atom. The molecule has 0 fully saturated rings. The Morgan fingerprint density at radius 1 is 1.18 bits per heavy atom. The van der Waals surface area contributed by atoms with Gasteiger partial charge >= 0.3 is 0 Å². The van der Waals surface area contributed by atoms with Gasteiger partial charge in [-0.3, -0.25) is 4.79 Å². The molecule has 0 bridgehead atoms. The Morgan fingerprint density at radius 3 is 2.73 bits per heavy atom. The lowest BCUT2D eigenvalue weighted by Gasteiger charge is -1.93. The summed E-state index contributed by atoms with van der Waals surface area (Å²) in [4.78, 5) is 17.9. The second-order valence-electron chi connectivity index (χ2n) is 5.14. The van der Waals surface area contributed by atoms with Gasteiger partial charge in [-0.1, -0.05) is 35.6 Å². The van der Waals surface area contributed by atoms with Crippen molar-refractivity contribution in [3.63, 3.8) is 0 Å². The van der Waals surface area contributed by atoms with Crippen LogP contribution < -0.4 is 10.1 Å². The smallest absolute Gasteiger partial charge is 0.267 e. The largest absolute Gasteiger partial charge is 0.274 e. The van der Waals surface area contributed by atoms with Crippen LogP contribution in [0.2, 0.25) is 0 Å². The number of hydrogen-bond acceptors (Lipinski definition) is 3. The zero-order valence-corrected chi connectivity index (χ0v) is 12.5. The zero-order valence-electron chi connectivity index (χ0n) is 11.7. The fourth-order valence-corrected chi connectivity index (χ4v) is 3.52. The van der Waals surface area contributed by atoms with E-state index in [9.17, 15) is 9.18 Å². The molecule has 2 aromatic heterocycles. The predicted molar refractivity (Wildman–Crippen MR) is 86.8 cm³/mol. The van der Waals surface area contributed by atoms with E-state index in [2.05, 4.69) is 4.98 Å². The fraction of sp³-hybridized carbons (Fsp3) is 0.0588. The summed E-state index contributed by atoms with van der Waals surface area (Å²) in [6, 6.07) is 11.9. The summed E-state index contributed by atoms with van der Waals surface area (Å²) in [6.07, 6.45) is 1.77. The molecule has 0 saturated heterocycles. The maximum absolute atomic E-state index is 12.9. The first-order chi connectivity index (χ1) is 10.6. The summed E-state index contributed by atoms with van der Waals surface area (Å²) < 4.78 is 15.2. The number of fused-ring (bicyclic) bond motifs is 3. The molecule has 0 unspecified atom stereocenters. The standard InChI is InChI=1S/C17H11FN2OS/c1-10-3-2-4-13-15(10)19-17-20(13)16(21)14(22-17)9-11-5-7-12(18)8-6-11/h2-9H,1H3. The van der Waals surface area contributed by atoms with Crippen LogP contribution in [0.1, 0.15) is 11.1 Å². The maximum atomic E-state index is 12.9. The lowest BCUT2D eigenvalue weighted by molar-refractivity contribution is 0.628. The second-order valence-corrected chi connectivity index (χ2v) is 6.15. The highest BCUT2D eigenvalue weighted by atomic mass is 32.1. The van der Waals surface area contributed by atoms with Crippen LogP contribution in [0.15, 0.2) is 47.3 Å². The molecule has 0 saturated carbocycles. The molecule has 108 valence electrons. The normalized spacial score (nSPS) is 12.5. The molecule has 0 aliphatic carbocycles.